The number of hydrogen-bond donors (Lipinski definition) is 2. The Balaban J connectivity index is 2.14. The average molecular weight is 214 g/mol. The first-order chi connectivity index (χ1) is 7.65. The van der Waals surface area contributed by atoms with Crippen LogP contribution in [-0.4, -0.2) is 15.6 Å². The maximum absolute atomic E-state index is 7.28. The van der Waals surface area contributed by atoms with Gasteiger partial charge in [0.1, 0.15) is 5.84 Å². The van der Waals surface area contributed by atoms with Crippen LogP contribution >= 0.6 is 0 Å². The van der Waals surface area contributed by atoms with Gasteiger partial charge in [0.05, 0.1) is 18.3 Å². The summed E-state index contributed by atoms with van der Waals surface area (Å²) >= 11 is 0. The monoisotopic (exact) mass is 214 g/mol. The lowest BCUT2D eigenvalue weighted by atomic mass is 10.1. The van der Waals surface area contributed by atoms with E-state index < -0.39 is 0 Å². The molecule has 0 radical (unpaired) electrons. The molecule has 0 atom stereocenters. The van der Waals surface area contributed by atoms with Gasteiger partial charge in [0.25, 0.3) is 0 Å². The summed E-state index contributed by atoms with van der Waals surface area (Å²) in [5.74, 6) is 0.0511. The van der Waals surface area contributed by atoms with Crippen molar-refractivity contribution >= 4 is 5.84 Å². The molecular weight excluding hydrogens is 200 g/mol. The molecular formula is C12H14N4. The van der Waals surface area contributed by atoms with Gasteiger partial charge in [0.15, 0.2) is 0 Å². The summed E-state index contributed by atoms with van der Waals surface area (Å²) in [6.07, 6.45) is 3.39. The van der Waals surface area contributed by atoms with Crippen LogP contribution < -0.4 is 5.73 Å². The Kier molecular flexibility index (Phi) is 2.72. The highest BCUT2D eigenvalue weighted by atomic mass is 15.3. The largest absolute Gasteiger partial charge is 0.384 e. The minimum atomic E-state index is 0.0511. The van der Waals surface area contributed by atoms with Crippen molar-refractivity contribution in [2.45, 2.75) is 13.5 Å². The van der Waals surface area contributed by atoms with E-state index in [0.29, 0.717) is 12.1 Å². The van der Waals surface area contributed by atoms with Crippen LogP contribution in [0.3, 0.4) is 0 Å². The number of benzene rings is 1. The highest BCUT2D eigenvalue weighted by molar-refractivity contribution is 5.94. The second-order valence-corrected chi connectivity index (χ2v) is 3.83. The molecule has 0 aliphatic heterocycles. The van der Waals surface area contributed by atoms with E-state index in [1.54, 1.807) is 17.1 Å². The number of hydrogen-bond acceptors (Lipinski definition) is 2. The lowest BCUT2D eigenvalue weighted by Crippen LogP contribution is -2.09. The lowest BCUT2D eigenvalue weighted by molar-refractivity contribution is 0.686. The maximum atomic E-state index is 7.28. The minimum Gasteiger partial charge on any atom is -0.384 e. The van der Waals surface area contributed by atoms with Crippen molar-refractivity contribution in [3.63, 3.8) is 0 Å². The molecule has 0 saturated heterocycles. The van der Waals surface area contributed by atoms with Crippen LogP contribution in [0.2, 0.25) is 0 Å². The topological polar surface area (TPSA) is 67.7 Å². The summed E-state index contributed by atoms with van der Waals surface area (Å²) in [7, 11) is 0. The van der Waals surface area contributed by atoms with Crippen molar-refractivity contribution in [3.8, 4) is 0 Å². The van der Waals surface area contributed by atoms with E-state index in [9.17, 15) is 0 Å². The predicted molar refractivity (Wildman–Crippen MR) is 63.5 cm³/mol. The van der Waals surface area contributed by atoms with Gasteiger partial charge in [-0.25, -0.2) is 0 Å². The van der Waals surface area contributed by atoms with Crippen LogP contribution in [-0.2, 0) is 6.54 Å². The fourth-order valence-corrected chi connectivity index (χ4v) is 1.47. The first kappa shape index (κ1) is 10.4. The predicted octanol–water partition coefficient (Wildman–Crippen LogP) is 1.52. The van der Waals surface area contributed by atoms with E-state index in [2.05, 4.69) is 36.3 Å². The zero-order valence-corrected chi connectivity index (χ0v) is 9.14. The second-order valence-electron chi connectivity index (χ2n) is 3.83. The van der Waals surface area contributed by atoms with E-state index in [-0.39, 0.29) is 5.84 Å². The number of aromatic nitrogens is 2. The van der Waals surface area contributed by atoms with E-state index in [1.165, 1.54) is 11.1 Å². The summed E-state index contributed by atoms with van der Waals surface area (Å²) in [5.41, 5.74) is 8.46. The summed E-state index contributed by atoms with van der Waals surface area (Å²) in [4.78, 5) is 0. The molecule has 1 aromatic carbocycles. The normalized spacial score (nSPS) is 10.3. The van der Waals surface area contributed by atoms with E-state index in [0.717, 1.165) is 0 Å². The molecule has 1 heterocycles. The lowest BCUT2D eigenvalue weighted by Gasteiger charge is -2.02. The molecule has 0 bridgehead atoms. The number of aryl methyl sites for hydroxylation is 1. The van der Waals surface area contributed by atoms with Gasteiger partial charge in [0, 0.05) is 6.20 Å². The summed E-state index contributed by atoms with van der Waals surface area (Å²) in [5, 5.41) is 11.4. The van der Waals surface area contributed by atoms with Gasteiger partial charge in [0.2, 0.25) is 0 Å². The van der Waals surface area contributed by atoms with Crippen LogP contribution in [0.15, 0.2) is 36.7 Å². The van der Waals surface area contributed by atoms with Crippen molar-refractivity contribution in [3.05, 3.63) is 53.3 Å². The third-order valence-corrected chi connectivity index (χ3v) is 2.41. The Morgan fingerprint density at radius 2 is 2.06 bits per heavy atom. The average Bonchev–Trinajstić information content (AvgIpc) is 2.70. The van der Waals surface area contributed by atoms with Crippen LogP contribution in [0.1, 0.15) is 16.7 Å². The highest BCUT2D eigenvalue weighted by Crippen LogP contribution is 2.05. The van der Waals surface area contributed by atoms with Crippen molar-refractivity contribution in [1.29, 1.82) is 5.41 Å². The van der Waals surface area contributed by atoms with Crippen LogP contribution in [0.4, 0.5) is 0 Å². The SMILES string of the molecule is Cc1ccc(Cn2cc(C(=N)N)cn2)cc1. The number of nitrogens with zero attached hydrogens (tertiary/aromatic N) is 2. The fraction of sp³-hybridized carbons (Fsp3) is 0.167. The molecule has 16 heavy (non-hydrogen) atoms. The van der Waals surface area contributed by atoms with E-state index in [1.807, 2.05) is 0 Å². The summed E-state index contributed by atoms with van der Waals surface area (Å²) in [6.45, 7) is 2.76. The Labute approximate surface area is 94.2 Å². The Morgan fingerprint density at radius 1 is 1.38 bits per heavy atom. The minimum absolute atomic E-state index is 0.0511. The zero-order valence-electron chi connectivity index (χ0n) is 9.14. The van der Waals surface area contributed by atoms with Gasteiger partial charge < -0.3 is 5.73 Å². The van der Waals surface area contributed by atoms with Gasteiger partial charge in [-0.1, -0.05) is 29.8 Å². The third kappa shape index (κ3) is 2.28. The molecule has 1 aromatic heterocycles. The van der Waals surface area contributed by atoms with Crippen LogP contribution in [0.5, 0.6) is 0 Å². The van der Waals surface area contributed by atoms with Gasteiger partial charge in [-0.05, 0) is 12.5 Å². The number of nitrogens with two attached hydrogens (primary N) is 1. The number of nitrogens with one attached hydrogen (secondary N) is 1. The molecule has 0 saturated carbocycles. The molecule has 2 aromatic rings. The smallest absolute Gasteiger partial charge is 0.125 e. The molecule has 4 nitrogen and oxygen atoms in total. The van der Waals surface area contributed by atoms with Crippen LogP contribution in [0, 0.1) is 12.3 Å². The van der Waals surface area contributed by atoms with Gasteiger partial charge in [-0.15, -0.1) is 0 Å². The first-order valence-corrected chi connectivity index (χ1v) is 5.07. The van der Waals surface area contributed by atoms with Crippen molar-refractivity contribution in [2.24, 2.45) is 5.73 Å². The quantitative estimate of drug-likeness (QED) is 0.601. The van der Waals surface area contributed by atoms with Gasteiger partial charge >= 0.3 is 0 Å². The molecule has 0 aliphatic carbocycles. The maximum Gasteiger partial charge on any atom is 0.125 e. The molecule has 3 N–H and O–H groups in total. The van der Waals surface area contributed by atoms with E-state index >= 15 is 0 Å². The molecule has 0 fully saturated rings. The first-order valence-electron chi connectivity index (χ1n) is 5.07. The second kappa shape index (κ2) is 4.18. The number of rotatable bonds is 3. The fourth-order valence-electron chi connectivity index (χ4n) is 1.47. The molecule has 0 spiro atoms. The standard InChI is InChI=1S/C12H14N4/c1-9-2-4-10(5-3-9)7-16-8-11(6-15-16)12(13)14/h2-6,8H,7H2,1H3,(H3,13,14). The van der Waals surface area contributed by atoms with Crippen molar-refractivity contribution in [1.82, 2.24) is 9.78 Å². The van der Waals surface area contributed by atoms with Gasteiger partial charge in [-0.3, -0.25) is 10.1 Å². The third-order valence-electron chi connectivity index (χ3n) is 2.41. The Bertz CT molecular complexity index is 496. The number of amidine groups is 1. The molecule has 0 unspecified atom stereocenters. The molecule has 0 amide bonds. The van der Waals surface area contributed by atoms with Crippen molar-refractivity contribution in [2.75, 3.05) is 0 Å². The van der Waals surface area contributed by atoms with Crippen molar-refractivity contribution < 1.29 is 0 Å². The zero-order chi connectivity index (χ0) is 11.5. The molecule has 4 heteroatoms. The molecule has 82 valence electrons. The Morgan fingerprint density at radius 3 is 2.62 bits per heavy atom. The number of nitrogen functional groups attached to an aromatic ring is 1. The van der Waals surface area contributed by atoms with Gasteiger partial charge in [-0.2, -0.15) is 5.10 Å². The summed E-state index contributed by atoms with van der Waals surface area (Å²) < 4.78 is 1.78. The van der Waals surface area contributed by atoms with E-state index in [4.69, 9.17) is 11.1 Å². The van der Waals surface area contributed by atoms with Crippen LogP contribution in [0.25, 0.3) is 0 Å². The molecule has 0 aliphatic rings. The Hall–Kier alpha value is -2.10. The molecule has 2 rings (SSSR count). The highest BCUT2D eigenvalue weighted by Gasteiger charge is 2.01. The summed E-state index contributed by atoms with van der Waals surface area (Å²) in [6, 6.07) is 8.30.